The maximum atomic E-state index is 11.9. The first-order chi connectivity index (χ1) is 7.56. The zero-order chi connectivity index (χ0) is 12.2. The molecule has 0 saturated carbocycles. The molecule has 0 amide bonds. The Hall–Kier alpha value is -1.22. The SMILES string of the molecule is CCC(=O)[C@](O)(CC)[C@@]1(C=O)C=CC=CC1. The number of hydrogen-bond donors (Lipinski definition) is 1. The van der Waals surface area contributed by atoms with Gasteiger partial charge in [-0.15, -0.1) is 0 Å². The van der Waals surface area contributed by atoms with E-state index >= 15 is 0 Å². The van der Waals surface area contributed by atoms with Crippen LogP contribution in [0, 0.1) is 5.41 Å². The van der Waals surface area contributed by atoms with Crippen LogP contribution in [0.3, 0.4) is 0 Å². The van der Waals surface area contributed by atoms with Gasteiger partial charge in [0, 0.05) is 6.42 Å². The summed E-state index contributed by atoms with van der Waals surface area (Å²) in [4.78, 5) is 23.2. The molecule has 0 aliphatic heterocycles. The average molecular weight is 222 g/mol. The number of aliphatic hydroxyl groups is 1. The van der Waals surface area contributed by atoms with E-state index in [1.165, 1.54) is 0 Å². The normalized spacial score (nSPS) is 27.4. The van der Waals surface area contributed by atoms with E-state index in [0.29, 0.717) is 12.7 Å². The van der Waals surface area contributed by atoms with Gasteiger partial charge >= 0.3 is 0 Å². The van der Waals surface area contributed by atoms with Gasteiger partial charge in [0.1, 0.15) is 11.9 Å². The topological polar surface area (TPSA) is 54.4 Å². The summed E-state index contributed by atoms with van der Waals surface area (Å²) >= 11 is 0. The highest BCUT2D eigenvalue weighted by atomic mass is 16.3. The molecule has 1 N–H and O–H groups in total. The van der Waals surface area contributed by atoms with Crippen LogP contribution < -0.4 is 0 Å². The molecular weight excluding hydrogens is 204 g/mol. The first-order valence-electron chi connectivity index (χ1n) is 5.62. The molecule has 3 heteroatoms. The third kappa shape index (κ3) is 1.76. The summed E-state index contributed by atoms with van der Waals surface area (Å²) in [5.41, 5.74) is -2.67. The molecule has 0 bridgehead atoms. The average Bonchev–Trinajstić information content (AvgIpc) is 2.37. The van der Waals surface area contributed by atoms with Gasteiger partial charge in [0.25, 0.3) is 0 Å². The number of allylic oxidation sites excluding steroid dienone is 3. The summed E-state index contributed by atoms with van der Waals surface area (Å²) in [7, 11) is 0. The molecule has 0 spiro atoms. The van der Waals surface area contributed by atoms with Crippen LogP contribution in [0.15, 0.2) is 24.3 Å². The zero-order valence-electron chi connectivity index (χ0n) is 9.77. The second-order valence-electron chi connectivity index (χ2n) is 4.14. The maximum absolute atomic E-state index is 11.9. The van der Waals surface area contributed by atoms with Crippen molar-refractivity contribution < 1.29 is 14.7 Å². The molecule has 0 saturated heterocycles. The van der Waals surface area contributed by atoms with Crippen molar-refractivity contribution in [2.75, 3.05) is 0 Å². The number of carbonyl (C=O) groups excluding carboxylic acids is 2. The highest BCUT2D eigenvalue weighted by Gasteiger charge is 2.51. The smallest absolute Gasteiger partial charge is 0.165 e. The standard InChI is InChI=1S/C13H18O3/c1-3-11(15)13(16,4-2)12(10-14)8-6-5-7-9-12/h5-8,10,16H,3-4,9H2,1-2H3/t12-,13+/m0/s1. The highest BCUT2D eigenvalue weighted by Crippen LogP contribution is 2.40. The van der Waals surface area contributed by atoms with Gasteiger partial charge in [0.2, 0.25) is 0 Å². The lowest BCUT2D eigenvalue weighted by Crippen LogP contribution is -2.54. The van der Waals surface area contributed by atoms with Gasteiger partial charge in [-0.25, -0.2) is 0 Å². The summed E-state index contributed by atoms with van der Waals surface area (Å²) in [6.45, 7) is 3.43. The van der Waals surface area contributed by atoms with Gasteiger partial charge in [-0.1, -0.05) is 38.2 Å². The second kappa shape index (κ2) is 4.74. The first-order valence-corrected chi connectivity index (χ1v) is 5.62. The molecule has 0 fully saturated rings. The molecule has 1 aliphatic rings. The molecule has 3 nitrogen and oxygen atoms in total. The third-order valence-electron chi connectivity index (χ3n) is 3.37. The van der Waals surface area contributed by atoms with Crippen molar-refractivity contribution in [1.82, 2.24) is 0 Å². The van der Waals surface area contributed by atoms with E-state index in [9.17, 15) is 14.7 Å². The van der Waals surface area contributed by atoms with Crippen LogP contribution in [0.2, 0.25) is 0 Å². The Morgan fingerprint density at radius 1 is 1.50 bits per heavy atom. The van der Waals surface area contributed by atoms with Crippen LogP contribution in [0.1, 0.15) is 33.1 Å². The zero-order valence-corrected chi connectivity index (χ0v) is 9.77. The lowest BCUT2D eigenvalue weighted by Gasteiger charge is -2.40. The van der Waals surface area contributed by atoms with E-state index in [4.69, 9.17) is 0 Å². The van der Waals surface area contributed by atoms with Crippen LogP contribution in [0.5, 0.6) is 0 Å². The van der Waals surface area contributed by atoms with E-state index in [-0.39, 0.29) is 18.6 Å². The van der Waals surface area contributed by atoms with Crippen molar-refractivity contribution in [2.24, 2.45) is 5.41 Å². The van der Waals surface area contributed by atoms with Crippen LogP contribution in [0.4, 0.5) is 0 Å². The first kappa shape index (κ1) is 12.8. The molecule has 0 unspecified atom stereocenters. The van der Waals surface area contributed by atoms with Gasteiger partial charge in [-0.05, 0) is 12.8 Å². The van der Waals surface area contributed by atoms with Crippen LogP contribution >= 0.6 is 0 Å². The van der Waals surface area contributed by atoms with E-state index in [0.717, 1.165) is 0 Å². The summed E-state index contributed by atoms with van der Waals surface area (Å²) in [5.74, 6) is -0.276. The van der Waals surface area contributed by atoms with E-state index in [1.807, 2.05) is 6.08 Å². The summed E-state index contributed by atoms with van der Waals surface area (Å²) in [6, 6.07) is 0. The molecule has 1 aliphatic carbocycles. The van der Waals surface area contributed by atoms with Crippen LogP contribution in [0.25, 0.3) is 0 Å². The van der Waals surface area contributed by atoms with Gasteiger partial charge in [-0.2, -0.15) is 0 Å². The predicted octanol–water partition coefficient (Wildman–Crippen LogP) is 1.81. The Balaban J connectivity index is 3.19. The Labute approximate surface area is 95.9 Å². The minimum atomic E-state index is -1.58. The molecule has 0 heterocycles. The van der Waals surface area contributed by atoms with Crippen molar-refractivity contribution in [3.8, 4) is 0 Å². The minimum absolute atomic E-state index is 0.234. The number of hydrogen-bond acceptors (Lipinski definition) is 3. The van der Waals surface area contributed by atoms with Crippen LogP contribution in [-0.4, -0.2) is 22.8 Å². The molecule has 0 aromatic heterocycles. The molecule has 2 atom stereocenters. The molecule has 16 heavy (non-hydrogen) atoms. The summed E-state index contributed by atoms with van der Waals surface area (Å²) in [5, 5.41) is 10.5. The monoisotopic (exact) mass is 222 g/mol. The van der Waals surface area contributed by atoms with Crippen molar-refractivity contribution in [3.05, 3.63) is 24.3 Å². The van der Waals surface area contributed by atoms with Crippen LogP contribution in [-0.2, 0) is 9.59 Å². The van der Waals surface area contributed by atoms with Crippen molar-refractivity contribution in [3.63, 3.8) is 0 Å². The number of carbonyl (C=O) groups is 2. The number of aldehydes is 1. The Morgan fingerprint density at radius 3 is 2.56 bits per heavy atom. The molecule has 0 aromatic carbocycles. The quantitative estimate of drug-likeness (QED) is 0.722. The molecular formula is C13H18O3. The summed E-state index contributed by atoms with van der Waals surface area (Å²) < 4.78 is 0. The molecule has 88 valence electrons. The van der Waals surface area contributed by atoms with Crippen molar-refractivity contribution in [2.45, 2.75) is 38.7 Å². The number of rotatable bonds is 5. The Bertz CT molecular complexity index is 343. The van der Waals surface area contributed by atoms with Gasteiger partial charge in [0.05, 0.1) is 5.41 Å². The molecule has 1 rings (SSSR count). The fraction of sp³-hybridized carbons (Fsp3) is 0.538. The van der Waals surface area contributed by atoms with E-state index in [1.54, 1.807) is 32.1 Å². The van der Waals surface area contributed by atoms with Gasteiger partial charge in [0.15, 0.2) is 5.78 Å². The van der Waals surface area contributed by atoms with Crippen molar-refractivity contribution in [1.29, 1.82) is 0 Å². The van der Waals surface area contributed by atoms with Gasteiger partial charge < -0.3 is 9.90 Å². The number of ketones is 1. The van der Waals surface area contributed by atoms with Crippen molar-refractivity contribution >= 4 is 12.1 Å². The second-order valence-corrected chi connectivity index (χ2v) is 4.14. The third-order valence-corrected chi connectivity index (χ3v) is 3.37. The minimum Gasteiger partial charge on any atom is -0.381 e. The summed E-state index contributed by atoms with van der Waals surface area (Å²) in [6.07, 6.45) is 8.52. The van der Waals surface area contributed by atoms with E-state index < -0.39 is 11.0 Å². The Kier molecular flexibility index (Phi) is 3.81. The molecule has 0 aromatic rings. The Morgan fingerprint density at radius 2 is 2.19 bits per heavy atom. The maximum Gasteiger partial charge on any atom is 0.165 e. The molecule has 0 radical (unpaired) electrons. The fourth-order valence-electron chi connectivity index (χ4n) is 2.21. The lowest BCUT2D eigenvalue weighted by molar-refractivity contribution is -0.154. The van der Waals surface area contributed by atoms with E-state index in [2.05, 4.69) is 0 Å². The largest absolute Gasteiger partial charge is 0.381 e. The highest BCUT2D eigenvalue weighted by molar-refractivity contribution is 5.92. The fourth-order valence-corrected chi connectivity index (χ4v) is 2.21. The van der Waals surface area contributed by atoms with Gasteiger partial charge in [-0.3, -0.25) is 4.79 Å². The number of Topliss-reactive ketones (excluding diaryl/α,β-unsaturated/α-hetero) is 1. The lowest BCUT2D eigenvalue weighted by atomic mass is 9.65. The predicted molar refractivity (Wildman–Crippen MR) is 61.9 cm³/mol.